The number of nitrogens with zero attached hydrogens (tertiary/aromatic N) is 1. The Morgan fingerprint density at radius 3 is 2.74 bits per heavy atom. The molecule has 0 bridgehead atoms. The molecule has 0 saturated heterocycles. The van der Waals surface area contributed by atoms with Gasteiger partial charge in [-0.2, -0.15) is 0 Å². The van der Waals surface area contributed by atoms with Crippen LogP contribution in [0.5, 0.6) is 0 Å². The van der Waals surface area contributed by atoms with E-state index >= 15 is 0 Å². The summed E-state index contributed by atoms with van der Waals surface area (Å²) >= 11 is 0. The Labute approximate surface area is 116 Å². The highest BCUT2D eigenvalue weighted by atomic mass is 16.4. The molecule has 1 N–H and O–H groups in total. The summed E-state index contributed by atoms with van der Waals surface area (Å²) in [6.07, 6.45) is 12.0. The number of aryl methyl sites for hydroxylation is 1. The van der Waals surface area contributed by atoms with E-state index in [4.69, 9.17) is 4.42 Å². The van der Waals surface area contributed by atoms with Crippen molar-refractivity contribution >= 4 is 0 Å². The molecule has 1 aromatic rings. The molecule has 19 heavy (non-hydrogen) atoms. The number of aromatic nitrogens is 1. The predicted octanol–water partition coefficient (Wildman–Crippen LogP) is 3.65. The monoisotopic (exact) mass is 262 g/mol. The fourth-order valence-corrected chi connectivity index (χ4v) is 3.01. The van der Waals surface area contributed by atoms with Crippen LogP contribution in [0.15, 0.2) is 10.6 Å². The number of rotatable bonds is 6. The predicted molar refractivity (Wildman–Crippen MR) is 76.2 cm³/mol. The molecule has 0 amide bonds. The second kappa shape index (κ2) is 6.08. The van der Waals surface area contributed by atoms with Gasteiger partial charge in [0.05, 0.1) is 6.20 Å². The average molecular weight is 262 g/mol. The molecule has 1 aromatic heterocycles. The van der Waals surface area contributed by atoms with Gasteiger partial charge in [-0.25, -0.2) is 4.98 Å². The van der Waals surface area contributed by atoms with Crippen LogP contribution in [-0.4, -0.2) is 17.6 Å². The summed E-state index contributed by atoms with van der Waals surface area (Å²) in [4.78, 5) is 4.45. The SMILES string of the molecule is CC1CCC(c2cnc(CCCNC3CC3)o2)CC1. The molecule has 0 unspecified atom stereocenters. The lowest BCUT2D eigenvalue weighted by atomic mass is 9.82. The zero-order valence-corrected chi connectivity index (χ0v) is 12.0. The van der Waals surface area contributed by atoms with Crippen molar-refractivity contribution in [2.45, 2.75) is 70.3 Å². The van der Waals surface area contributed by atoms with Crippen LogP contribution in [0.3, 0.4) is 0 Å². The topological polar surface area (TPSA) is 38.1 Å². The van der Waals surface area contributed by atoms with E-state index in [0.29, 0.717) is 5.92 Å². The van der Waals surface area contributed by atoms with Crippen molar-refractivity contribution in [2.24, 2.45) is 5.92 Å². The fraction of sp³-hybridized carbons (Fsp3) is 0.812. The van der Waals surface area contributed by atoms with E-state index in [2.05, 4.69) is 17.2 Å². The van der Waals surface area contributed by atoms with Crippen molar-refractivity contribution in [3.05, 3.63) is 17.8 Å². The highest BCUT2D eigenvalue weighted by Crippen LogP contribution is 2.35. The van der Waals surface area contributed by atoms with Gasteiger partial charge in [0.15, 0.2) is 5.89 Å². The zero-order chi connectivity index (χ0) is 13.1. The minimum Gasteiger partial charge on any atom is -0.445 e. The minimum absolute atomic E-state index is 0.627. The summed E-state index contributed by atoms with van der Waals surface area (Å²) in [7, 11) is 0. The first-order valence-corrected chi connectivity index (χ1v) is 7.99. The molecule has 0 aromatic carbocycles. The van der Waals surface area contributed by atoms with Gasteiger partial charge in [0.2, 0.25) is 0 Å². The highest BCUT2D eigenvalue weighted by Gasteiger charge is 2.23. The quantitative estimate of drug-likeness (QED) is 0.795. The van der Waals surface area contributed by atoms with Crippen LogP contribution in [0.4, 0.5) is 0 Å². The molecule has 2 aliphatic carbocycles. The van der Waals surface area contributed by atoms with Crippen molar-refractivity contribution in [3.63, 3.8) is 0 Å². The van der Waals surface area contributed by atoms with E-state index in [9.17, 15) is 0 Å². The molecule has 0 aliphatic heterocycles. The lowest BCUT2D eigenvalue weighted by Crippen LogP contribution is -2.17. The maximum Gasteiger partial charge on any atom is 0.194 e. The molecule has 0 radical (unpaired) electrons. The molecule has 3 rings (SSSR count). The van der Waals surface area contributed by atoms with Crippen LogP contribution in [0.1, 0.15) is 69.4 Å². The van der Waals surface area contributed by atoms with Crippen LogP contribution in [-0.2, 0) is 6.42 Å². The molecule has 3 nitrogen and oxygen atoms in total. The van der Waals surface area contributed by atoms with E-state index in [1.165, 1.54) is 38.5 Å². The lowest BCUT2D eigenvalue weighted by molar-refractivity contribution is 0.308. The first-order valence-electron chi connectivity index (χ1n) is 7.99. The molecule has 1 heterocycles. The van der Waals surface area contributed by atoms with Crippen molar-refractivity contribution in [3.8, 4) is 0 Å². The Balaban J connectivity index is 1.42. The van der Waals surface area contributed by atoms with Crippen molar-refractivity contribution in [1.82, 2.24) is 10.3 Å². The zero-order valence-electron chi connectivity index (χ0n) is 12.0. The molecule has 2 saturated carbocycles. The molecule has 2 aliphatic rings. The highest BCUT2D eigenvalue weighted by molar-refractivity contribution is 5.03. The van der Waals surface area contributed by atoms with E-state index < -0.39 is 0 Å². The summed E-state index contributed by atoms with van der Waals surface area (Å²) in [6.45, 7) is 3.46. The fourth-order valence-electron chi connectivity index (χ4n) is 3.01. The van der Waals surface area contributed by atoms with Gasteiger partial charge in [-0.1, -0.05) is 19.8 Å². The summed E-state index contributed by atoms with van der Waals surface area (Å²) < 4.78 is 5.94. The molecule has 0 atom stereocenters. The molecule has 0 spiro atoms. The largest absolute Gasteiger partial charge is 0.445 e. The maximum absolute atomic E-state index is 5.94. The Morgan fingerprint density at radius 1 is 1.21 bits per heavy atom. The van der Waals surface area contributed by atoms with Gasteiger partial charge in [-0.3, -0.25) is 0 Å². The number of nitrogens with one attached hydrogen (secondary N) is 1. The summed E-state index contributed by atoms with van der Waals surface area (Å²) in [5.41, 5.74) is 0. The number of hydrogen-bond donors (Lipinski definition) is 1. The third-order valence-corrected chi connectivity index (χ3v) is 4.57. The van der Waals surface area contributed by atoms with Gasteiger partial charge in [0.25, 0.3) is 0 Å². The number of oxazole rings is 1. The van der Waals surface area contributed by atoms with Gasteiger partial charge in [-0.05, 0) is 44.6 Å². The third kappa shape index (κ3) is 3.82. The standard InChI is InChI=1S/C16H26N2O/c1-12-4-6-13(7-5-12)15-11-18-16(19-15)3-2-10-17-14-8-9-14/h11-14,17H,2-10H2,1H3. The van der Waals surface area contributed by atoms with Gasteiger partial charge >= 0.3 is 0 Å². The van der Waals surface area contributed by atoms with Gasteiger partial charge in [-0.15, -0.1) is 0 Å². The maximum atomic E-state index is 5.94. The second-order valence-electron chi connectivity index (χ2n) is 6.45. The molecule has 106 valence electrons. The van der Waals surface area contributed by atoms with Crippen LogP contribution in [0.25, 0.3) is 0 Å². The Morgan fingerprint density at radius 2 is 2.00 bits per heavy atom. The van der Waals surface area contributed by atoms with Gasteiger partial charge < -0.3 is 9.73 Å². The summed E-state index contributed by atoms with van der Waals surface area (Å²) in [5.74, 6) is 3.59. The van der Waals surface area contributed by atoms with Crippen molar-refractivity contribution in [2.75, 3.05) is 6.54 Å². The van der Waals surface area contributed by atoms with Crippen LogP contribution < -0.4 is 5.32 Å². The van der Waals surface area contributed by atoms with Gasteiger partial charge in [0, 0.05) is 18.4 Å². The molecular weight excluding hydrogens is 236 g/mol. The van der Waals surface area contributed by atoms with Crippen molar-refractivity contribution < 1.29 is 4.42 Å². The van der Waals surface area contributed by atoms with E-state index in [1.807, 2.05) is 6.20 Å². The first-order chi connectivity index (χ1) is 9.31. The second-order valence-corrected chi connectivity index (χ2v) is 6.45. The minimum atomic E-state index is 0.627. The Kier molecular flexibility index (Phi) is 4.21. The van der Waals surface area contributed by atoms with Crippen LogP contribution in [0.2, 0.25) is 0 Å². The smallest absolute Gasteiger partial charge is 0.194 e. The summed E-state index contributed by atoms with van der Waals surface area (Å²) in [6, 6.07) is 0.810. The Hall–Kier alpha value is -0.830. The first kappa shape index (κ1) is 13.2. The lowest BCUT2D eigenvalue weighted by Gasteiger charge is -2.24. The van der Waals surface area contributed by atoms with E-state index in [-0.39, 0.29) is 0 Å². The average Bonchev–Trinajstić information content (AvgIpc) is 3.13. The van der Waals surface area contributed by atoms with Crippen LogP contribution >= 0.6 is 0 Å². The normalized spacial score (nSPS) is 27.6. The number of hydrogen-bond acceptors (Lipinski definition) is 3. The third-order valence-electron chi connectivity index (χ3n) is 4.57. The van der Waals surface area contributed by atoms with Crippen molar-refractivity contribution in [1.29, 1.82) is 0 Å². The van der Waals surface area contributed by atoms with Crippen LogP contribution in [0, 0.1) is 5.92 Å². The Bertz CT molecular complexity index is 389. The van der Waals surface area contributed by atoms with E-state index in [0.717, 1.165) is 43.0 Å². The van der Waals surface area contributed by atoms with E-state index in [1.54, 1.807) is 0 Å². The summed E-state index contributed by atoms with van der Waals surface area (Å²) in [5, 5.41) is 3.53. The molecule has 3 heteroatoms. The molecular formula is C16H26N2O. The van der Waals surface area contributed by atoms with Gasteiger partial charge in [0.1, 0.15) is 5.76 Å². The molecule has 2 fully saturated rings.